The van der Waals surface area contributed by atoms with Gasteiger partial charge in [-0.15, -0.1) is 0 Å². The number of ether oxygens (including phenoxy) is 1. The van der Waals surface area contributed by atoms with Gasteiger partial charge in [0.05, 0.1) is 41.8 Å². The van der Waals surface area contributed by atoms with E-state index in [1.165, 1.54) is 6.20 Å². The van der Waals surface area contributed by atoms with Crippen molar-refractivity contribution in [1.82, 2.24) is 9.78 Å². The summed E-state index contributed by atoms with van der Waals surface area (Å²) in [6.45, 7) is 5.63. The minimum atomic E-state index is -4.72. The molecule has 0 radical (unpaired) electrons. The van der Waals surface area contributed by atoms with E-state index in [-0.39, 0.29) is 17.2 Å². The molecular formula is C25H24F5N3O3S. The minimum Gasteiger partial charge on any atom is -0.495 e. The third-order valence-corrected chi connectivity index (χ3v) is 8.47. The molecule has 198 valence electrons. The number of methoxy groups -OCH3 is 1. The first-order valence-electron chi connectivity index (χ1n) is 11.5. The molecule has 1 saturated carbocycles. The van der Waals surface area contributed by atoms with Gasteiger partial charge in [0.15, 0.2) is 11.6 Å². The van der Waals surface area contributed by atoms with Crippen molar-refractivity contribution in [3.8, 4) is 17.0 Å². The Balaban J connectivity index is 1.79. The maximum Gasteiger partial charge on any atom is 0.416 e. The second-order valence-electron chi connectivity index (χ2n) is 10.3. The van der Waals surface area contributed by atoms with Gasteiger partial charge in [0.2, 0.25) is 0 Å². The van der Waals surface area contributed by atoms with Crippen molar-refractivity contribution in [2.75, 3.05) is 11.4 Å². The van der Waals surface area contributed by atoms with Crippen LogP contribution >= 0.6 is 0 Å². The summed E-state index contributed by atoms with van der Waals surface area (Å²) >= 11 is 0. The van der Waals surface area contributed by atoms with Gasteiger partial charge in [-0.25, -0.2) is 17.2 Å². The lowest BCUT2D eigenvalue weighted by Gasteiger charge is -2.39. The number of halogens is 5. The average Bonchev–Trinajstić information content (AvgIpc) is 3.54. The summed E-state index contributed by atoms with van der Waals surface area (Å²) in [4.78, 5) is -0.518. The lowest BCUT2D eigenvalue weighted by Crippen LogP contribution is -2.39. The molecule has 0 unspecified atom stereocenters. The molecule has 1 aliphatic heterocycles. The fourth-order valence-electron chi connectivity index (χ4n) is 4.84. The van der Waals surface area contributed by atoms with E-state index in [0.717, 1.165) is 29.6 Å². The van der Waals surface area contributed by atoms with Gasteiger partial charge in [0.1, 0.15) is 10.6 Å². The van der Waals surface area contributed by atoms with Crippen LogP contribution in [0.3, 0.4) is 0 Å². The van der Waals surface area contributed by atoms with E-state index in [0.29, 0.717) is 36.2 Å². The van der Waals surface area contributed by atoms with Crippen molar-refractivity contribution in [2.24, 2.45) is 5.92 Å². The Kier molecular flexibility index (Phi) is 5.63. The highest BCUT2D eigenvalue weighted by Crippen LogP contribution is 2.56. The maximum atomic E-state index is 14.6. The normalized spacial score (nSPS) is 18.0. The number of anilines is 1. The second-order valence-corrected chi connectivity index (χ2v) is 12.0. The molecule has 1 aliphatic carbocycles. The summed E-state index contributed by atoms with van der Waals surface area (Å²) in [5.41, 5.74) is -0.650. The molecule has 1 aromatic heterocycles. The molecular weight excluding hydrogens is 517 g/mol. The van der Waals surface area contributed by atoms with Crippen LogP contribution in [0.2, 0.25) is 0 Å². The molecule has 2 heterocycles. The monoisotopic (exact) mass is 541 g/mol. The summed E-state index contributed by atoms with van der Waals surface area (Å²) < 4.78 is 105. The first kappa shape index (κ1) is 25.5. The molecule has 5 rings (SSSR count). The molecule has 6 nitrogen and oxygen atoms in total. The predicted octanol–water partition coefficient (Wildman–Crippen LogP) is 6.27. The second kappa shape index (κ2) is 8.17. The first-order chi connectivity index (χ1) is 17.2. The maximum absolute atomic E-state index is 14.6. The van der Waals surface area contributed by atoms with E-state index in [9.17, 15) is 30.4 Å². The summed E-state index contributed by atoms with van der Waals surface area (Å²) in [7, 11) is -3.55. The van der Waals surface area contributed by atoms with Crippen LogP contribution in [0.25, 0.3) is 11.3 Å². The highest BCUT2D eigenvalue weighted by Gasteiger charge is 2.49. The predicted molar refractivity (Wildman–Crippen MR) is 126 cm³/mol. The van der Waals surface area contributed by atoms with Crippen molar-refractivity contribution in [2.45, 2.75) is 56.3 Å². The minimum absolute atomic E-state index is 0.115. The largest absolute Gasteiger partial charge is 0.495 e. The van der Waals surface area contributed by atoms with Crippen LogP contribution in [0.5, 0.6) is 5.75 Å². The molecule has 0 amide bonds. The summed E-state index contributed by atoms with van der Waals surface area (Å²) in [6.07, 6.45) is -1.83. The van der Waals surface area contributed by atoms with Crippen molar-refractivity contribution in [1.29, 1.82) is 0 Å². The van der Waals surface area contributed by atoms with Crippen LogP contribution in [0, 0.1) is 17.6 Å². The quantitative estimate of drug-likeness (QED) is 0.365. The van der Waals surface area contributed by atoms with E-state index in [2.05, 4.69) is 5.10 Å². The van der Waals surface area contributed by atoms with Crippen LogP contribution < -0.4 is 9.04 Å². The molecule has 0 N–H and O–H groups in total. The number of rotatable bonds is 4. The SMILES string of the molecule is COc1cc(C(F)(F)F)ccc1S(=O)(=O)N1c2cc(F)c(F)cc2-c2c(cnn2C(C)(C)C)[C@H]1C1CC1. The van der Waals surface area contributed by atoms with Gasteiger partial charge < -0.3 is 4.74 Å². The van der Waals surface area contributed by atoms with Crippen LogP contribution in [0.1, 0.15) is 50.8 Å². The number of hydrogen-bond acceptors (Lipinski definition) is 4. The number of fused-ring (bicyclic) bond motifs is 3. The molecule has 0 bridgehead atoms. The van der Waals surface area contributed by atoms with Gasteiger partial charge in [0, 0.05) is 17.2 Å². The van der Waals surface area contributed by atoms with Gasteiger partial charge in [-0.05, 0) is 63.8 Å². The molecule has 2 aliphatic rings. The van der Waals surface area contributed by atoms with Gasteiger partial charge >= 0.3 is 6.18 Å². The number of nitrogens with zero attached hydrogens (tertiary/aromatic N) is 3. The summed E-state index contributed by atoms with van der Waals surface area (Å²) in [5, 5.41) is 4.47. The molecule has 2 aromatic carbocycles. The van der Waals surface area contributed by atoms with Crippen molar-refractivity contribution < 1.29 is 35.1 Å². The molecule has 3 aromatic rings. The smallest absolute Gasteiger partial charge is 0.416 e. The molecule has 1 atom stereocenters. The Morgan fingerprint density at radius 2 is 1.68 bits per heavy atom. The zero-order chi connectivity index (χ0) is 27.1. The van der Waals surface area contributed by atoms with Crippen molar-refractivity contribution in [3.05, 3.63) is 59.3 Å². The molecule has 0 saturated heterocycles. The lowest BCUT2D eigenvalue weighted by molar-refractivity contribution is -0.137. The van der Waals surface area contributed by atoms with Crippen molar-refractivity contribution >= 4 is 15.7 Å². The Morgan fingerprint density at radius 1 is 1.03 bits per heavy atom. The van der Waals surface area contributed by atoms with Crippen molar-refractivity contribution in [3.63, 3.8) is 0 Å². The zero-order valence-corrected chi connectivity index (χ0v) is 21.2. The van der Waals surface area contributed by atoms with Gasteiger partial charge in [0.25, 0.3) is 10.0 Å². The van der Waals surface area contributed by atoms with E-state index < -0.39 is 55.6 Å². The zero-order valence-electron chi connectivity index (χ0n) is 20.4. The highest BCUT2D eigenvalue weighted by molar-refractivity contribution is 7.93. The number of hydrogen-bond donors (Lipinski definition) is 0. The molecule has 12 heteroatoms. The fraction of sp³-hybridized carbons (Fsp3) is 0.400. The van der Waals surface area contributed by atoms with Gasteiger partial charge in [-0.2, -0.15) is 18.3 Å². The first-order valence-corrected chi connectivity index (χ1v) is 13.0. The summed E-state index contributed by atoms with van der Waals surface area (Å²) in [5.74, 6) is -3.07. The van der Waals surface area contributed by atoms with Gasteiger partial charge in [-0.1, -0.05) is 0 Å². The highest BCUT2D eigenvalue weighted by atomic mass is 32.2. The number of alkyl halides is 3. The lowest BCUT2D eigenvalue weighted by atomic mass is 9.92. The van der Waals surface area contributed by atoms with Gasteiger partial charge in [-0.3, -0.25) is 8.99 Å². The van der Waals surface area contributed by atoms with Crippen LogP contribution in [0.4, 0.5) is 27.6 Å². The third-order valence-electron chi connectivity index (χ3n) is 6.63. The number of sulfonamides is 1. The van der Waals surface area contributed by atoms with Crippen LogP contribution in [-0.2, 0) is 21.7 Å². The van der Waals surface area contributed by atoms with Crippen LogP contribution in [-0.4, -0.2) is 25.3 Å². The summed E-state index contributed by atoms with van der Waals surface area (Å²) in [6, 6.07) is 3.02. The Morgan fingerprint density at radius 3 is 2.24 bits per heavy atom. The van der Waals surface area contributed by atoms with Crippen LogP contribution in [0.15, 0.2) is 41.4 Å². The topological polar surface area (TPSA) is 64.4 Å². The van der Waals surface area contributed by atoms with E-state index in [4.69, 9.17) is 4.74 Å². The standard InChI is InChI=1S/C25H24F5N3O3S/c1-24(2,3)33-23-15-10-17(26)18(27)11-19(15)32(22(13-5-6-13)16(23)12-31-33)37(34,35)21-8-7-14(25(28,29)30)9-20(21)36-4/h7-13,22H,5-6H2,1-4H3/t22-/m1/s1. The number of aromatic nitrogens is 2. The molecule has 37 heavy (non-hydrogen) atoms. The fourth-order valence-corrected chi connectivity index (χ4v) is 6.68. The van der Waals surface area contributed by atoms with E-state index in [1.807, 2.05) is 20.8 Å². The average molecular weight is 542 g/mol. The Labute approximate surface area is 210 Å². The Bertz CT molecular complexity index is 1500. The number of benzene rings is 2. The molecule has 1 fully saturated rings. The molecule has 0 spiro atoms. The third kappa shape index (κ3) is 4.05. The van der Waals surface area contributed by atoms with E-state index >= 15 is 0 Å². The van der Waals surface area contributed by atoms with E-state index in [1.54, 1.807) is 4.68 Å². The Hall–Kier alpha value is -3.15.